The van der Waals surface area contributed by atoms with E-state index in [1.165, 1.54) is 11.1 Å². The molecule has 1 aliphatic heterocycles. The zero-order valence-corrected chi connectivity index (χ0v) is 15.6. The van der Waals surface area contributed by atoms with Crippen molar-refractivity contribution < 1.29 is 0 Å². The fourth-order valence-corrected chi connectivity index (χ4v) is 3.52. The number of nitrogens with one attached hydrogen (secondary N) is 1. The molecule has 0 fully saturated rings. The van der Waals surface area contributed by atoms with E-state index in [0.29, 0.717) is 11.0 Å². The van der Waals surface area contributed by atoms with Crippen LogP contribution in [0.15, 0.2) is 84.9 Å². The number of aromatic nitrogens is 4. The molecular formula is C22H16ClN5. The van der Waals surface area contributed by atoms with Crippen LogP contribution in [0, 0.1) is 0 Å². The fourth-order valence-electron chi connectivity index (χ4n) is 3.39. The molecule has 6 heteroatoms. The molecule has 2 heterocycles. The van der Waals surface area contributed by atoms with Gasteiger partial charge in [0.25, 0.3) is 0 Å². The molecule has 0 saturated heterocycles. The first kappa shape index (κ1) is 16.7. The molecule has 5 rings (SSSR count). The number of allylic oxidation sites excluding steroid dienone is 1. The van der Waals surface area contributed by atoms with Crippen LogP contribution in [0.3, 0.4) is 0 Å². The molecule has 0 unspecified atom stereocenters. The van der Waals surface area contributed by atoms with E-state index in [9.17, 15) is 0 Å². The summed E-state index contributed by atoms with van der Waals surface area (Å²) in [5, 5.41) is 16.1. The lowest BCUT2D eigenvalue weighted by molar-refractivity contribution is 0.586. The average molecular weight is 386 g/mol. The van der Waals surface area contributed by atoms with Gasteiger partial charge >= 0.3 is 0 Å². The maximum atomic E-state index is 6.04. The summed E-state index contributed by atoms with van der Waals surface area (Å²) in [5.74, 6) is 0.615. The van der Waals surface area contributed by atoms with Crippen molar-refractivity contribution in [2.24, 2.45) is 0 Å². The van der Waals surface area contributed by atoms with E-state index in [-0.39, 0.29) is 6.04 Å². The Kier molecular flexibility index (Phi) is 4.14. The number of hydrogen-bond acceptors (Lipinski definition) is 4. The molecule has 1 aromatic heterocycles. The van der Waals surface area contributed by atoms with E-state index in [1.807, 2.05) is 42.5 Å². The van der Waals surface area contributed by atoms with Crippen LogP contribution >= 0.6 is 11.6 Å². The third kappa shape index (κ3) is 3.06. The number of halogens is 1. The van der Waals surface area contributed by atoms with Gasteiger partial charge in [-0.1, -0.05) is 83.4 Å². The Morgan fingerprint density at radius 3 is 2.21 bits per heavy atom. The van der Waals surface area contributed by atoms with Crippen LogP contribution in [-0.2, 0) is 0 Å². The molecule has 1 atom stereocenters. The van der Waals surface area contributed by atoms with Gasteiger partial charge in [-0.05, 0) is 50.9 Å². The van der Waals surface area contributed by atoms with Gasteiger partial charge in [0.1, 0.15) is 6.04 Å². The van der Waals surface area contributed by atoms with E-state index in [2.05, 4.69) is 63.3 Å². The summed E-state index contributed by atoms with van der Waals surface area (Å²) in [7, 11) is 0. The van der Waals surface area contributed by atoms with Crippen LogP contribution in [0.25, 0.3) is 16.8 Å². The lowest BCUT2D eigenvalue weighted by atomic mass is 9.99. The van der Waals surface area contributed by atoms with Crippen molar-refractivity contribution in [1.29, 1.82) is 0 Å². The molecule has 0 bridgehead atoms. The number of hydrogen-bond donors (Lipinski definition) is 1. The maximum Gasteiger partial charge on any atom is 0.248 e. The van der Waals surface area contributed by atoms with E-state index in [1.54, 1.807) is 4.68 Å². The van der Waals surface area contributed by atoms with Crippen molar-refractivity contribution in [3.8, 4) is 11.1 Å². The van der Waals surface area contributed by atoms with Gasteiger partial charge in [0.15, 0.2) is 0 Å². The van der Waals surface area contributed by atoms with E-state index < -0.39 is 0 Å². The summed E-state index contributed by atoms with van der Waals surface area (Å²) >= 11 is 6.04. The molecule has 3 aromatic carbocycles. The van der Waals surface area contributed by atoms with Crippen LogP contribution in [0.1, 0.15) is 17.2 Å². The lowest BCUT2D eigenvalue weighted by Gasteiger charge is -2.23. The molecule has 0 saturated carbocycles. The molecule has 1 N–H and O–H groups in total. The number of anilines is 1. The van der Waals surface area contributed by atoms with Gasteiger partial charge in [-0.2, -0.15) is 4.68 Å². The second-order valence-corrected chi connectivity index (χ2v) is 7.03. The molecule has 136 valence electrons. The highest BCUT2D eigenvalue weighted by Crippen LogP contribution is 2.32. The van der Waals surface area contributed by atoms with Crippen LogP contribution in [-0.4, -0.2) is 20.2 Å². The van der Waals surface area contributed by atoms with Gasteiger partial charge in [0, 0.05) is 10.7 Å². The van der Waals surface area contributed by atoms with Gasteiger partial charge in [0.05, 0.1) is 0 Å². The van der Waals surface area contributed by atoms with Gasteiger partial charge in [-0.15, -0.1) is 0 Å². The minimum atomic E-state index is -0.104. The molecule has 5 nitrogen and oxygen atoms in total. The number of tetrazole rings is 1. The SMILES string of the molecule is Clc1ccc([C@@H]2C=C(c3ccc(-c4ccccc4)cc3)Nc3nnnn32)cc1. The van der Waals surface area contributed by atoms with E-state index >= 15 is 0 Å². The van der Waals surface area contributed by atoms with Crippen molar-refractivity contribution in [1.82, 2.24) is 20.2 Å². The Balaban J connectivity index is 1.52. The van der Waals surface area contributed by atoms with Crippen molar-refractivity contribution in [2.75, 3.05) is 5.32 Å². The molecule has 0 aliphatic carbocycles. The highest BCUT2D eigenvalue weighted by Gasteiger charge is 2.24. The largest absolute Gasteiger partial charge is 0.323 e. The predicted octanol–water partition coefficient (Wildman–Crippen LogP) is 5.05. The normalized spacial score (nSPS) is 15.5. The minimum Gasteiger partial charge on any atom is -0.323 e. The summed E-state index contributed by atoms with van der Waals surface area (Å²) in [6.07, 6.45) is 2.13. The lowest BCUT2D eigenvalue weighted by Crippen LogP contribution is -2.20. The molecule has 0 radical (unpaired) electrons. The summed E-state index contributed by atoms with van der Waals surface area (Å²) in [6, 6.07) is 26.5. The summed E-state index contributed by atoms with van der Waals surface area (Å²) in [5.41, 5.74) is 5.50. The molecular weight excluding hydrogens is 370 g/mol. The number of fused-ring (bicyclic) bond motifs is 1. The van der Waals surface area contributed by atoms with Gasteiger partial charge in [-0.25, -0.2) is 0 Å². The van der Waals surface area contributed by atoms with Crippen molar-refractivity contribution in [3.05, 3.63) is 101 Å². The summed E-state index contributed by atoms with van der Waals surface area (Å²) in [4.78, 5) is 0. The van der Waals surface area contributed by atoms with E-state index in [4.69, 9.17) is 11.6 Å². The molecule has 0 spiro atoms. The Morgan fingerprint density at radius 2 is 1.46 bits per heavy atom. The molecule has 28 heavy (non-hydrogen) atoms. The number of benzene rings is 3. The van der Waals surface area contributed by atoms with Crippen LogP contribution in [0.4, 0.5) is 5.95 Å². The monoisotopic (exact) mass is 385 g/mol. The van der Waals surface area contributed by atoms with Crippen molar-refractivity contribution >= 4 is 23.2 Å². The summed E-state index contributed by atoms with van der Waals surface area (Å²) in [6.45, 7) is 0. The Hall–Kier alpha value is -3.44. The van der Waals surface area contributed by atoms with Crippen molar-refractivity contribution in [3.63, 3.8) is 0 Å². The highest BCUT2D eigenvalue weighted by atomic mass is 35.5. The van der Waals surface area contributed by atoms with Gasteiger partial charge in [-0.3, -0.25) is 0 Å². The van der Waals surface area contributed by atoms with Crippen LogP contribution in [0.5, 0.6) is 0 Å². The second kappa shape index (κ2) is 6.94. The standard InChI is InChI=1S/C22H16ClN5/c23-19-12-10-18(11-13-19)21-14-20(24-22-25-26-27-28(21)22)17-8-6-16(7-9-17)15-4-2-1-3-5-15/h1-14,21H,(H,24,25,27)/t21-/m0/s1. The first-order valence-corrected chi connectivity index (χ1v) is 9.34. The van der Waals surface area contributed by atoms with Crippen LogP contribution in [0.2, 0.25) is 5.02 Å². The predicted molar refractivity (Wildman–Crippen MR) is 111 cm³/mol. The molecule has 4 aromatic rings. The molecule has 1 aliphatic rings. The first-order valence-electron chi connectivity index (χ1n) is 8.96. The zero-order valence-electron chi connectivity index (χ0n) is 14.8. The second-order valence-electron chi connectivity index (χ2n) is 6.59. The van der Waals surface area contributed by atoms with Gasteiger partial charge < -0.3 is 5.32 Å². The van der Waals surface area contributed by atoms with Crippen molar-refractivity contribution in [2.45, 2.75) is 6.04 Å². The van der Waals surface area contributed by atoms with E-state index in [0.717, 1.165) is 16.8 Å². The fraction of sp³-hybridized carbons (Fsp3) is 0.0455. The third-order valence-electron chi connectivity index (χ3n) is 4.84. The first-order chi connectivity index (χ1) is 13.8. The number of nitrogens with zero attached hydrogens (tertiary/aromatic N) is 4. The quantitative estimate of drug-likeness (QED) is 0.536. The minimum absolute atomic E-state index is 0.104. The maximum absolute atomic E-state index is 6.04. The smallest absolute Gasteiger partial charge is 0.248 e. The highest BCUT2D eigenvalue weighted by molar-refractivity contribution is 6.30. The van der Waals surface area contributed by atoms with Crippen LogP contribution < -0.4 is 5.32 Å². The average Bonchev–Trinajstić information content (AvgIpc) is 3.23. The van der Waals surface area contributed by atoms with Gasteiger partial charge in [0.2, 0.25) is 5.95 Å². The zero-order chi connectivity index (χ0) is 18.9. The number of rotatable bonds is 3. The topological polar surface area (TPSA) is 55.6 Å². The third-order valence-corrected chi connectivity index (χ3v) is 5.09. The Morgan fingerprint density at radius 1 is 0.786 bits per heavy atom. The summed E-state index contributed by atoms with van der Waals surface area (Å²) < 4.78 is 1.77. The Labute approximate surface area is 167 Å². The molecule has 0 amide bonds. The Bertz CT molecular complexity index is 1130.